The molecule has 6 heteroatoms. The molecule has 0 bridgehead atoms. The number of benzene rings is 3. The number of benzodiazepines with no additional fused rings is 1. The molecule has 5 nitrogen and oxygen atoms in total. The largest absolute Gasteiger partial charge is 0.322 e. The molecule has 0 saturated carbocycles. The first-order valence-corrected chi connectivity index (χ1v) is 11.1. The molecule has 4 rings (SSSR count). The highest BCUT2D eigenvalue weighted by Crippen LogP contribution is 2.28. The fourth-order valence-electron chi connectivity index (χ4n) is 3.90. The van der Waals surface area contributed by atoms with Crippen molar-refractivity contribution in [1.82, 2.24) is 5.32 Å². The molecule has 1 heterocycles. The average Bonchev–Trinajstić information content (AvgIpc) is 2.94. The fourth-order valence-corrected chi connectivity index (χ4v) is 3.90. The van der Waals surface area contributed by atoms with E-state index in [1.165, 1.54) is 11.0 Å². The molecule has 3 aromatic carbocycles. The summed E-state index contributed by atoms with van der Waals surface area (Å²) >= 11 is 0. The van der Waals surface area contributed by atoms with E-state index in [-0.39, 0.29) is 5.56 Å². The number of hydrogen-bond acceptors (Lipinski definition) is 3. The Morgan fingerprint density at radius 3 is 2.36 bits per heavy atom. The number of fused-ring (bicyclic) bond motifs is 1. The number of carbonyl (C=O) groups is 2. The average molecular weight is 444 g/mol. The van der Waals surface area contributed by atoms with Gasteiger partial charge < -0.3 is 10.2 Å². The van der Waals surface area contributed by atoms with E-state index in [1.807, 2.05) is 18.2 Å². The lowest BCUT2D eigenvalue weighted by atomic mass is 10.00. The predicted octanol–water partition coefficient (Wildman–Crippen LogP) is 4.74. The number of halogens is 1. The predicted molar refractivity (Wildman–Crippen MR) is 128 cm³/mol. The monoisotopic (exact) mass is 443 g/mol. The van der Waals surface area contributed by atoms with Crippen molar-refractivity contribution in [3.63, 3.8) is 0 Å². The zero-order chi connectivity index (χ0) is 23.4. The highest BCUT2D eigenvalue weighted by molar-refractivity contribution is 6.20. The molecule has 1 aliphatic rings. The van der Waals surface area contributed by atoms with Gasteiger partial charge in [0.2, 0.25) is 6.17 Å². The van der Waals surface area contributed by atoms with Crippen molar-refractivity contribution >= 4 is 23.2 Å². The second-order valence-electron chi connectivity index (χ2n) is 8.05. The van der Waals surface area contributed by atoms with Gasteiger partial charge >= 0.3 is 0 Å². The van der Waals surface area contributed by atoms with E-state index in [4.69, 9.17) is 0 Å². The van der Waals surface area contributed by atoms with Gasteiger partial charge in [-0.25, -0.2) is 9.38 Å². The number of anilines is 1. The molecule has 33 heavy (non-hydrogen) atoms. The Kier molecular flexibility index (Phi) is 6.63. The van der Waals surface area contributed by atoms with E-state index >= 15 is 0 Å². The lowest BCUT2D eigenvalue weighted by Gasteiger charge is -2.21. The van der Waals surface area contributed by atoms with E-state index in [2.05, 4.69) is 17.2 Å². The van der Waals surface area contributed by atoms with Crippen LogP contribution in [0, 0.1) is 5.82 Å². The van der Waals surface area contributed by atoms with Crippen LogP contribution in [0.4, 0.5) is 10.1 Å². The smallest absolute Gasteiger partial charge is 0.272 e. The van der Waals surface area contributed by atoms with Crippen molar-refractivity contribution in [3.8, 4) is 0 Å². The molecule has 0 fully saturated rings. The second kappa shape index (κ2) is 9.77. The van der Waals surface area contributed by atoms with E-state index in [1.54, 1.807) is 55.6 Å². The highest BCUT2D eigenvalue weighted by atomic mass is 19.1. The molecule has 0 aliphatic carbocycles. The summed E-state index contributed by atoms with van der Waals surface area (Å²) in [5.41, 5.74) is 3.41. The quantitative estimate of drug-likeness (QED) is 0.598. The third-order valence-corrected chi connectivity index (χ3v) is 5.78. The van der Waals surface area contributed by atoms with Gasteiger partial charge in [-0.1, -0.05) is 55.8 Å². The number of likely N-dealkylation sites (N-methyl/N-ethyl adjacent to an activating group) is 1. The van der Waals surface area contributed by atoms with Gasteiger partial charge in [0.15, 0.2) is 0 Å². The van der Waals surface area contributed by atoms with Gasteiger partial charge in [0.05, 0.1) is 11.4 Å². The standard InChI is InChI=1S/C27H26FN3O2/c1-3-4-9-18-14-16-19(17-15-18)26(32)30-25-27(33)31(2)23-13-8-6-11-21(23)24(29-25)20-10-5-7-12-22(20)28/h5-8,10-17,25H,3-4,9H2,1-2H3,(H,30,32)/t25-/m1/s1. The van der Waals surface area contributed by atoms with Gasteiger partial charge in [0.1, 0.15) is 5.82 Å². The van der Waals surface area contributed by atoms with Crippen LogP contribution in [0.1, 0.15) is 46.8 Å². The molecule has 1 N–H and O–H groups in total. The molecule has 0 unspecified atom stereocenters. The Morgan fingerprint density at radius 1 is 1.00 bits per heavy atom. The molecule has 0 saturated heterocycles. The number of nitrogens with one attached hydrogen (secondary N) is 1. The Hall–Kier alpha value is -3.80. The summed E-state index contributed by atoms with van der Waals surface area (Å²) in [6.45, 7) is 2.14. The first kappa shape index (κ1) is 22.4. The van der Waals surface area contributed by atoms with E-state index < -0.39 is 23.8 Å². The minimum atomic E-state index is -1.19. The molecule has 2 amide bonds. The zero-order valence-corrected chi connectivity index (χ0v) is 18.7. The third-order valence-electron chi connectivity index (χ3n) is 5.78. The van der Waals surface area contributed by atoms with Crippen molar-refractivity contribution in [2.24, 2.45) is 4.99 Å². The van der Waals surface area contributed by atoms with Crippen LogP contribution in [-0.4, -0.2) is 30.7 Å². The van der Waals surface area contributed by atoms with Crippen molar-refractivity contribution in [2.45, 2.75) is 32.4 Å². The van der Waals surface area contributed by atoms with Crippen LogP contribution in [0.3, 0.4) is 0 Å². The van der Waals surface area contributed by atoms with Gasteiger partial charge in [-0.3, -0.25) is 9.59 Å². The number of para-hydroxylation sites is 1. The second-order valence-corrected chi connectivity index (χ2v) is 8.05. The van der Waals surface area contributed by atoms with Gasteiger partial charge in [-0.2, -0.15) is 0 Å². The molecule has 0 radical (unpaired) electrons. The molecule has 168 valence electrons. The summed E-state index contributed by atoms with van der Waals surface area (Å²) in [5.74, 6) is -1.26. The van der Waals surface area contributed by atoms with Gasteiger partial charge in [-0.05, 0) is 48.7 Å². The molecule has 1 aliphatic heterocycles. The highest BCUT2D eigenvalue weighted by Gasteiger charge is 2.31. The maximum Gasteiger partial charge on any atom is 0.272 e. The van der Waals surface area contributed by atoms with Gasteiger partial charge in [-0.15, -0.1) is 0 Å². The molecular weight excluding hydrogens is 417 g/mol. The number of rotatable bonds is 6. The molecule has 0 aromatic heterocycles. The number of aliphatic imine (C=N–C) groups is 1. The van der Waals surface area contributed by atoms with Crippen molar-refractivity contribution < 1.29 is 14.0 Å². The summed E-state index contributed by atoms with van der Waals surface area (Å²) in [6, 6.07) is 20.8. The number of aryl methyl sites for hydroxylation is 1. The zero-order valence-electron chi connectivity index (χ0n) is 18.7. The number of unbranched alkanes of at least 4 members (excludes halogenated alkanes) is 1. The summed E-state index contributed by atoms with van der Waals surface area (Å²) in [7, 11) is 1.63. The fraction of sp³-hybridized carbons (Fsp3) is 0.222. The minimum absolute atomic E-state index is 0.271. The topological polar surface area (TPSA) is 61.8 Å². The lowest BCUT2D eigenvalue weighted by molar-refractivity contribution is -0.119. The molecule has 1 atom stereocenters. The van der Waals surface area contributed by atoms with Gasteiger partial charge in [0.25, 0.3) is 11.8 Å². The first-order chi connectivity index (χ1) is 16.0. The molecular formula is C27H26FN3O2. The third kappa shape index (κ3) is 4.70. The SMILES string of the molecule is CCCCc1ccc(C(=O)N[C@H]2N=C(c3ccccc3F)c3ccccc3N(C)C2=O)cc1. The van der Waals surface area contributed by atoms with Crippen molar-refractivity contribution in [3.05, 3.63) is 101 Å². The number of amides is 2. The van der Waals surface area contributed by atoms with Crippen LogP contribution in [0.15, 0.2) is 77.8 Å². The van der Waals surface area contributed by atoms with Crippen LogP contribution in [-0.2, 0) is 11.2 Å². The summed E-state index contributed by atoms with van der Waals surface area (Å²) in [5, 5.41) is 2.73. The van der Waals surface area contributed by atoms with Crippen LogP contribution < -0.4 is 10.2 Å². The number of nitrogens with zero attached hydrogens (tertiary/aromatic N) is 2. The Balaban J connectivity index is 1.69. The summed E-state index contributed by atoms with van der Waals surface area (Å²) in [4.78, 5) is 32.2. The van der Waals surface area contributed by atoms with E-state index in [0.29, 0.717) is 22.5 Å². The maximum absolute atomic E-state index is 14.7. The van der Waals surface area contributed by atoms with Crippen molar-refractivity contribution in [1.29, 1.82) is 0 Å². The van der Waals surface area contributed by atoms with Crippen LogP contribution in [0.2, 0.25) is 0 Å². The summed E-state index contributed by atoms with van der Waals surface area (Å²) < 4.78 is 14.7. The Morgan fingerprint density at radius 2 is 1.67 bits per heavy atom. The van der Waals surface area contributed by atoms with Crippen LogP contribution in [0.5, 0.6) is 0 Å². The van der Waals surface area contributed by atoms with Crippen LogP contribution >= 0.6 is 0 Å². The van der Waals surface area contributed by atoms with Crippen LogP contribution in [0.25, 0.3) is 0 Å². The summed E-state index contributed by atoms with van der Waals surface area (Å²) in [6.07, 6.45) is 1.95. The van der Waals surface area contributed by atoms with Crippen molar-refractivity contribution in [2.75, 3.05) is 11.9 Å². The number of carbonyl (C=O) groups excluding carboxylic acids is 2. The van der Waals surface area contributed by atoms with Gasteiger partial charge in [0, 0.05) is 23.7 Å². The first-order valence-electron chi connectivity index (χ1n) is 11.1. The van der Waals surface area contributed by atoms with E-state index in [9.17, 15) is 14.0 Å². The minimum Gasteiger partial charge on any atom is -0.322 e. The normalized spacial score (nSPS) is 15.5. The molecule has 0 spiro atoms. The molecule has 3 aromatic rings. The Bertz CT molecular complexity index is 1200. The maximum atomic E-state index is 14.7. The Labute approximate surface area is 193 Å². The number of hydrogen-bond donors (Lipinski definition) is 1. The lowest BCUT2D eigenvalue weighted by Crippen LogP contribution is -2.46. The van der Waals surface area contributed by atoms with E-state index in [0.717, 1.165) is 24.8 Å².